The van der Waals surface area contributed by atoms with Crippen LogP contribution in [0.2, 0.25) is 0 Å². The molecule has 1 heterocycles. The van der Waals surface area contributed by atoms with Gasteiger partial charge in [-0.3, -0.25) is 4.79 Å². The first kappa shape index (κ1) is 21.2. The molecule has 1 unspecified atom stereocenters. The molecule has 0 bridgehead atoms. The number of carbonyl (C=O) groups excluding carboxylic acids is 1. The van der Waals surface area contributed by atoms with E-state index in [2.05, 4.69) is 52.6 Å². The lowest BCUT2D eigenvalue weighted by Crippen LogP contribution is -2.48. The van der Waals surface area contributed by atoms with Crippen molar-refractivity contribution in [3.05, 3.63) is 34.9 Å². The number of amides is 1. The van der Waals surface area contributed by atoms with Crippen LogP contribution in [0, 0.1) is 13.8 Å². The lowest BCUT2D eigenvalue weighted by atomic mass is 10.00. The molecule has 1 aliphatic rings. The fourth-order valence-electron chi connectivity index (χ4n) is 3.14. The number of guanidine groups is 1. The number of aryl methyl sites for hydroxylation is 2. The molecule has 150 valence electrons. The molecule has 1 aromatic rings. The summed E-state index contributed by atoms with van der Waals surface area (Å²) in [6.07, 6.45) is -0.00117. The number of rotatable bonds is 7. The second-order valence-corrected chi connectivity index (χ2v) is 6.68. The maximum Gasteiger partial charge on any atom is 0.241 e. The summed E-state index contributed by atoms with van der Waals surface area (Å²) in [5.41, 5.74) is 3.69. The number of hydrogen-bond donors (Lipinski definition) is 2. The van der Waals surface area contributed by atoms with Crippen molar-refractivity contribution in [3.8, 4) is 0 Å². The number of aliphatic imine (C=N–C) groups is 1. The van der Waals surface area contributed by atoms with Gasteiger partial charge >= 0.3 is 0 Å². The van der Waals surface area contributed by atoms with Crippen molar-refractivity contribution in [2.45, 2.75) is 26.9 Å². The van der Waals surface area contributed by atoms with Gasteiger partial charge in [-0.2, -0.15) is 0 Å². The van der Waals surface area contributed by atoms with Crippen molar-refractivity contribution in [1.82, 2.24) is 15.5 Å². The lowest BCUT2D eigenvalue weighted by Gasteiger charge is -2.35. The molecule has 1 saturated heterocycles. The van der Waals surface area contributed by atoms with Gasteiger partial charge in [0, 0.05) is 26.7 Å². The Hall–Kier alpha value is -2.12. The van der Waals surface area contributed by atoms with Gasteiger partial charge in [-0.25, -0.2) is 4.99 Å². The van der Waals surface area contributed by atoms with E-state index in [0.717, 1.165) is 19.0 Å². The number of ether oxygens (including phenoxy) is 2. The highest BCUT2D eigenvalue weighted by atomic mass is 16.5. The highest BCUT2D eigenvalue weighted by Gasteiger charge is 2.25. The summed E-state index contributed by atoms with van der Waals surface area (Å²) in [6.45, 7) is 10.2. The zero-order chi connectivity index (χ0) is 19.6. The van der Waals surface area contributed by atoms with Gasteiger partial charge in [0.05, 0.1) is 19.8 Å². The third kappa shape index (κ3) is 6.52. The highest BCUT2D eigenvalue weighted by molar-refractivity contribution is 5.85. The van der Waals surface area contributed by atoms with E-state index in [1.54, 1.807) is 7.11 Å². The summed E-state index contributed by atoms with van der Waals surface area (Å²) in [7, 11) is 1.61. The first-order valence-corrected chi connectivity index (χ1v) is 9.52. The Balaban J connectivity index is 2.03. The number of morpholine rings is 1. The standard InChI is InChI=1S/C20H32N4O3/c1-5-21-20(23-13-19(25)22-8-10-26-4)24-9-11-27-18(14-24)17-7-6-15(2)12-16(17)3/h6-7,12,18H,5,8-11,13-14H2,1-4H3,(H,21,23)(H,22,25). The van der Waals surface area contributed by atoms with Gasteiger partial charge in [0.15, 0.2) is 5.96 Å². The summed E-state index contributed by atoms with van der Waals surface area (Å²) in [5, 5.41) is 6.08. The summed E-state index contributed by atoms with van der Waals surface area (Å²) in [4.78, 5) is 18.6. The third-order valence-electron chi connectivity index (χ3n) is 4.47. The molecule has 0 radical (unpaired) electrons. The fourth-order valence-corrected chi connectivity index (χ4v) is 3.14. The minimum absolute atomic E-state index is 0.00117. The van der Waals surface area contributed by atoms with Gasteiger partial charge in [0.1, 0.15) is 12.6 Å². The third-order valence-corrected chi connectivity index (χ3v) is 4.47. The molecule has 27 heavy (non-hydrogen) atoms. The van der Waals surface area contributed by atoms with Crippen molar-refractivity contribution < 1.29 is 14.3 Å². The molecule has 7 heteroatoms. The van der Waals surface area contributed by atoms with Crippen molar-refractivity contribution in [2.75, 3.05) is 53.0 Å². The van der Waals surface area contributed by atoms with E-state index in [-0.39, 0.29) is 18.6 Å². The average Bonchev–Trinajstić information content (AvgIpc) is 2.65. The van der Waals surface area contributed by atoms with E-state index in [1.807, 2.05) is 6.92 Å². The first-order valence-electron chi connectivity index (χ1n) is 9.52. The molecule has 0 aromatic heterocycles. The molecule has 1 aliphatic heterocycles. The Morgan fingerprint density at radius 2 is 2.19 bits per heavy atom. The van der Waals surface area contributed by atoms with Crippen LogP contribution in [0.5, 0.6) is 0 Å². The summed E-state index contributed by atoms with van der Waals surface area (Å²) in [6, 6.07) is 6.45. The Morgan fingerprint density at radius 3 is 2.89 bits per heavy atom. The van der Waals surface area contributed by atoms with Crippen molar-refractivity contribution in [1.29, 1.82) is 0 Å². The van der Waals surface area contributed by atoms with Crippen LogP contribution in [0.1, 0.15) is 29.7 Å². The van der Waals surface area contributed by atoms with E-state index in [9.17, 15) is 4.79 Å². The van der Waals surface area contributed by atoms with Gasteiger partial charge in [-0.1, -0.05) is 23.8 Å². The molecule has 0 aliphatic carbocycles. The van der Waals surface area contributed by atoms with E-state index >= 15 is 0 Å². The monoisotopic (exact) mass is 376 g/mol. The summed E-state index contributed by atoms with van der Waals surface area (Å²) >= 11 is 0. The van der Waals surface area contributed by atoms with Crippen LogP contribution in [0.15, 0.2) is 23.2 Å². The minimum atomic E-state index is -0.110. The van der Waals surface area contributed by atoms with E-state index in [4.69, 9.17) is 9.47 Å². The van der Waals surface area contributed by atoms with Crippen LogP contribution in [-0.2, 0) is 14.3 Å². The fraction of sp³-hybridized carbons (Fsp3) is 0.600. The van der Waals surface area contributed by atoms with Crippen LogP contribution in [0.3, 0.4) is 0 Å². The molecular weight excluding hydrogens is 344 g/mol. The molecule has 2 rings (SSSR count). The molecule has 1 atom stereocenters. The SMILES string of the molecule is CCNC(=NCC(=O)NCCOC)N1CCOC(c2ccc(C)cc2C)C1. The van der Waals surface area contributed by atoms with Gasteiger partial charge in [0.25, 0.3) is 0 Å². The smallest absolute Gasteiger partial charge is 0.241 e. The predicted octanol–water partition coefficient (Wildman–Crippen LogP) is 1.40. The molecule has 0 saturated carbocycles. The van der Waals surface area contributed by atoms with Crippen molar-refractivity contribution in [2.24, 2.45) is 4.99 Å². The van der Waals surface area contributed by atoms with E-state index < -0.39 is 0 Å². The maximum absolute atomic E-state index is 11.9. The Kier molecular flexibility index (Phi) is 8.54. The molecule has 0 spiro atoms. The van der Waals surface area contributed by atoms with Crippen molar-refractivity contribution in [3.63, 3.8) is 0 Å². The lowest BCUT2D eigenvalue weighted by molar-refractivity contribution is -0.119. The van der Waals surface area contributed by atoms with Gasteiger partial charge < -0.3 is 25.0 Å². The van der Waals surface area contributed by atoms with Crippen LogP contribution >= 0.6 is 0 Å². The molecule has 2 N–H and O–H groups in total. The van der Waals surface area contributed by atoms with E-state index in [0.29, 0.717) is 26.3 Å². The minimum Gasteiger partial charge on any atom is -0.383 e. The second-order valence-electron chi connectivity index (χ2n) is 6.68. The average molecular weight is 377 g/mol. The number of nitrogens with one attached hydrogen (secondary N) is 2. The highest BCUT2D eigenvalue weighted by Crippen LogP contribution is 2.25. The molecule has 7 nitrogen and oxygen atoms in total. The second kappa shape index (κ2) is 10.9. The normalized spacial score (nSPS) is 17.7. The van der Waals surface area contributed by atoms with Crippen molar-refractivity contribution >= 4 is 11.9 Å². The Morgan fingerprint density at radius 1 is 1.37 bits per heavy atom. The number of carbonyl (C=O) groups is 1. The maximum atomic E-state index is 11.9. The molecular formula is C20H32N4O3. The first-order chi connectivity index (χ1) is 13.0. The predicted molar refractivity (Wildman–Crippen MR) is 107 cm³/mol. The zero-order valence-corrected chi connectivity index (χ0v) is 16.9. The Labute approximate surface area is 162 Å². The Bertz CT molecular complexity index is 648. The van der Waals surface area contributed by atoms with Gasteiger partial charge in [-0.15, -0.1) is 0 Å². The van der Waals surface area contributed by atoms with E-state index in [1.165, 1.54) is 16.7 Å². The number of hydrogen-bond acceptors (Lipinski definition) is 4. The largest absolute Gasteiger partial charge is 0.383 e. The zero-order valence-electron chi connectivity index (χ0n) is 16.9. The molecule has 1 aromatic carbocycles. The van der Waals surface area contributed by atoms with Gasteiger partial charge in [0.2, 0.25) is 5.91 Å². The number of benzene rings is 1. The van der Waals surface area contributed by atoms with Crippen LogP contribution in [-0.4, -0.2) is 69.8 Å². The van der Waals surface area contributed by atoms with Crippen LogP contribution in [0.4, 0.5) is 0 Å². The topological polar surface area (TPSA) is 75.2 Å². The van der Waals surface area contributed by atoms with Crippen LogP contribution < -0.4 is 10.6 Å². The number of nitrogens with zero attached hydrogens (tertiary/aromatic N) is 2. The molecule has 1 fully saturated rings. The quantitative estimate of drug-likeness (QED) is 0.428. The van der Waals surface area contributed by atoms with Gasteiger partial charge in [-0.05, 0) is 31.9 Å². The number of methoxy groups -OCH3 is 1. The molecule has 1 amide bonds. The summed E-state index contributed by atoms with van der Waals surface area (Å²) in [5.74, 6) is 0.638. The summed E-state index contributed by atoms with van der Waals surface area (Å²) < 4.78 is 11.0. The van der Waals surface area contributed by atoms with Crippen LogP contribution in [0.25, 0.3) is 0 Å².